The summed E-state index contributed by atoms with van der Waals surface area (Å²) < 4.78 is 11.6. The van der Waals surface area contributed by atoms with Gasteiger partial charge in [-0.2, -0.15) is 5.10 Å². The third kappa shape index (κ3) is 5.35. The maximum absolute atomic E-state index is 12.9. The summed E-state index contributed by atoms with van der Waals surface area (Å²) >= 11 is 11.9. The van der Waals surface area contributed by atoms with E-state index < -0.39 is 11.8 Å². The van der Waals surface area contributed by atoms with Gasteiger partial charge in [-0.25, -0.2) is 5.43 Å². The molecule has 0 atom stereocenters. The zero-order chi connectivity index (χ0) is 28.6. The summed E-state index contributed by atoms with van der Waals surface area (Å²) in [5, 5.41) is 5.82. The number of amides is 3. The summed E-state index contributed by atoms with van der Waals surface area (Å²) in [6.45, 7) is 5.74. The van der Waals surface area contributed by atoms with E-state index in [1.165, 1.54) is 18.2 Å². The van der Waals surface area contributed by atoms with E-state index >= 15 is 0 Å². The van der Waals surface area contributed by atoms with Gasteiger partial charge in [-0.1, -0.05) is 35.3 Å². The molecule has 9 nitrogen and oxygen atoms in total. The lowest BCUT2D eigenvalue weighted by Gasteiger charge is -2.13. The minimum Gasteiger partial charge on any atom is -0.464 e. The standard InChI is InChI=1S/C29H26Cl2N4O5/c1-14-7-9-19-17(13-39-26(19)15(14)2)11-24(36)33-32-22-5-4-6-23-25(22)16(3)27(40-23)29(38)35-34-28(37)20-10-8-18(30)12-21(20)31/h7-10,12-13H,4-6,11H2,1-3H3,(H,33,36)(H,34,37)(H,35,38)/b32-22+. The third-order valence-corrected chi connectivity index (χ3v) is 7.55. The molecule has 1 aliphatic carbocycles. The fourth-order valence-electron chi connectivity index (χ4n) is 4.78. The van der Waals surface area contributed by atoms with E-state index in [4.69, 9.17) is 32.0 Å². The minimum atomic E-state index is -0.633. The highest BCUT2D eigenvalue weighted by molar-refractivity contribution is 6.36. The topological polar surface area (TPSA) is 126 Å². The second kappa shape index (κ2) is 11.2. The van der Waals surface area contributed by atoms with E-state index in [9.17, 15) is 14.4 Å². The van der Waals surface area contributed by atoms with Crippen LogP contribution in [-0.2, 0) is 17.6 Å². The molecule has 0 saturated heterocycles. The first kappa shape index (κ1) is 27.5. The number of hydrogen-bond acceptors (Lipinski definition) is 6. The molecule has 206 valence electrons. The smallest absolute Gasteiger partial charge is 0.305 e. The normalized spacial score (nSPS) is 13.8. The second-order valence-corrected chi connectivity index (χ2v) is 10.5. The van der Waals surface area contributed by atoms with Gasteiger partial charge in [0.15, 0.2) is 5.76 Å². The molecule has 2 aromatic carbocycles. The predicted molar refractivity (Wildman–Crippen MR) is 152 cm³/mol. The number of furan rings is 2. The second-order valence-electron chi connectivity index (χ2n) is 9.66. The number of halogens is 2. The van der Waals surface area contributed by atoms with Crippen molar-refractivity contribution in [3.05, 3.63) is 91.5 Å². The molecule has 0 saturated carbocycles. The van der Waals surface area contributed by atoms with Gasteiger partial charge in [-0.3, -0.25) is 25.2 Å². The van der Waals surface area contributed by atoms with Crippen LogP contribution in [0.4, 0.5) is 0 Å². The first-order valence-electron chi connectivity index (χ1n) is 12.6. The van der Waals surface area contributed by atoms with E-state index in [1.807, 2.05) is 26.0 Å². The van der Waals surface area contributed by atoms with Crippen LogP contribution in [0.5, 0.6) is 0 Å². The van der Waals surface area contributed by atoms with E-state index in [2.05, 4.69) is 21.4 Å². The monoisotopic (exact) mass is 580 g/mol. The molecule has 5 rings (SSSR count). The first-order valence-corrected chi connectivity index (χ1v) is 13.4. The third-order valence-electron chi connectivity index (χ3n) is 7.01. The molecule has 2 heterocycles. The van der Waals surface area contributed by atoms with Crippen LogP contribution in [0, 0.1) is 20.8 Å². The zero-order valence-electron chi connectivity index (χ0n) is 22.0. The first-order chi connectivity index (χ1) is 19.1. The van der Waals surface area contributed by atoms with Crippen LogP contribution in [0.1, 0.15) is 67.3 Å². The average molecular weight is 581 g/mol. The van der Waals surface area contributed by atoms with Crippen molar-refractivity contribution in [1.29, 1.82) is 0 Å². The quantitative estimate of drug-likeness (QED) is 0.260. The van der Waals surface area contributed by atoms with Crippen LogP contribution in [0.25, 0.3) is 11.0 Å². The van der Waals surface area contributed by atoms with E-state index in [1.54, 1.807) is 13.2 Å². The summed E-state index contributed by atoms with van der Waals surface area (Å²) in [5.41, 5.74) is 13.1. The number of benzene rings is 2. The van der Waals surface area contributed by atoms with Crippen molar-refractivity contribution in [2.75, 3.05) is 0 Å². The van der Waals surface area contributed by atoms with Crippen molar-refractivity contribution < 1.29 is 23.2 Å². The maximum atomic E-state index is 12.9. The van der Waals surface area contributed by atoms with Gasteiger partial charge in [-0.15, -0.1) is 0 Å². The lowest BCUT2D eigenvalue weighted by atomic mass is 9.93. The minimum absolute atomic E-state index is 0.0453. The Morgan fingerprint density at radius 2 is 1.75 bits per heavy atom. The van der Waals surface area contributed by atoms with Gasteiger partial charge >= 0.3 is 5.91 Å². The highest BCUT2D eigenvalue weighted by atomic mass is 35.5. The van der Waals surface area contributed by atoms with Gasteiger partial charge in [-0.05, 0) is 62.9 Å². The van der Waals surface area contributed by atoms with Crippen molar-refractivity contribution >= 4 is 57.6 Å². The molecule has 4 aromatic rings. The van der Waals surface area contributed by atoms with Crippen LogP contribution >= 0.6 is 23.2 Å². The fraction of sp³-hybridized carbons (Fsp3) is 0.241. The summed E-state index contributed by atoms with van der Waals surface area (Å²) in [4.78, 5) is 38.1. The number of carbonyl (C=O) groups is 3. The summed E-state index contributed by atoms with van der Waals surface area (Å²) in [6, 6.07) is 8.37. The predicted octanol–water partition coefficient (Wildman–Crippen LogP) is 5.73. The van der Waals surface area contributed by atoms with Crippen LogP contribution in [0.3, 0.4) is 0 Å². The van der Waals surface area contributed by atoms with E-state index in [-0.39, 0.29) is 28.7 Å². The molecule has 0 unspecified atom stereocenters. The largest absolute Gasteiger partial charge is 0.464 e. The highest BCUT2D eigenvalue weighted by Crippen LogP contribution is 2.30. The van der Waals surface area contributed by atoms with Crippen LogP contribution in [0.2, 0.25) is 10.0 Å². The van der Waals surface area contributed by atoms with Gasteiger partial charge in [0, 0.05) is 33.5 Å². The maximum Gasteiger partial charge on any atom is 0.305 e. The average Bonchev–Trinajstić information content (AvgIpc) is 3.49. The summed E-state index contributed by atoms with van der Waals surface area (Å²) in [6.07, 6.45) is 3.67. The molecular weight excluding hydrogens is 555 g/mol. The molecule has 0 radical (unpaired) electrons. The molecule has 1 aliphatic rings. The molecular formula is C29H26Cl2N4O5. The van der Waals surface area contributed by atoms with Crippen LogP contribution in [0.15, 0.2) is 50.5 Å². The number of hydrazine groups is 1. The number of aryl methyl sites for hydroxylation is 3. The van der Waals surface area contributed by atoms with E-state index in [0.717, 1.165) is 34.1 Å². The Bertz CT molecular complexity index is 1700. The Balaban J connectivity index is 1.27. The molecule has 3 amide bonds. The van der Waals surface area contributed by atoms with Gasteiger partial charge < -0.3 is 8.83 Å². The van der Waals surface area contributed by atoms with E-state index in [0.29, 0.717) is 40.5 Å². The Hall–Kier alpha value is -4.08. The Kier molecular flexibility index (Phi) is 7.69. The van der Waals surface area contributed by atoms with Crippen molar-refractivity contribution in [2.45, 2.75) is 46.5 Å². The number of carbonyl (C=O) groups excluding carboxylic acids is 3. The number of fused-ring (bicyclic) bond motifs is 2. The van der Waals surface area contributed by atoms with Crippen molar-refractivity contribution in [3.8, 4) is 0 Å². The molecule has 2 aromatic heterocycles. The van der Waals surface area contributed by atoms with Crippen LogP contribution in [-0.4, -0.2) is 23.4 Å². The van der Waals surface area contributed by atoms with Gasteiger partial charge in [0.1, 0.15) is 11.3 Å². The molecule has 3 N–H and O–H groups in total. The summed E-state index contributed by atoms with van der Waals surface area (Å²) in [5.74, 6) is -0.886. The van der Waals surface area contributed by atoms with Crippen molar-refractivity contribution in [2.24, 2.45) is 5.10 Å². The molecule has 11 heteroatoms. The number of rotatable bonds is 5. The van der Waals surface area contributed by atoms with Gasteiger partial charge in [0.05, 0.1) is 29.0 Å². The SMILES string of the molecule is Cc1ccc2c(CC(=O)N/N=C3\CCCc4oc(C(=O)NNC(=O)c5ccc(Cl)cc5Cl)c(C)c43)coc2c1C. The number of nitrogens with zero attached hydrogens (tertiary/aromatic N) is 1. The van der Waals surface area contributed by atoms with Crippen LogP contribution < -0.4 is 16.3 Å². The van der Waals surface area contributed by atoms with Crippen molar-refractivity contribution in [3.63, 3.8) is 0 Å². The zero-order valence-corrected chi connectivity index (χ0v) is 23.5. The number of hydrazone groups is 1. The molecule has 0 fully saturated rings. The summed E-state index contributed by atoms with van der Waals surface area (Å²) in [7, 11) is 0. The number of hydrogen-bond donors (Lipinski definition) is 3. The lowest BCUT2D eigenvalue weighted by molar-refractivity contribution is -0.120. The highest BCUT2D eigenvalue weighted by Gasteiger charge is 2.28. The molecule has 0 aliphatic heterocycles. The van der Waals surface area contributed by atoms with Gasteiger partial charge in [0.2, 0.25) is 5.91 Å². The lowest BCUT2D eigenvalue weighted by Crippen LogP contribution is -2.41. The molecule has 40 heavy (non-hydrogen) atoms. The Labute approximate surface area is 239 Å². The molecule has 0 bridgehead atoms. The Morgan fingerprint density at radius 3 is 2.52 bits per heavy atom. The number of nitrogens with one attached hydrogen (secondary N) is 3. The Morgan fingerprint density at radius 1 is 0.975 bits per heavy atom. The fourth-order valence-corrected chi connectivity index (χ4v) is 5.27. The van der Waals surface area contributed by atoms with Gasteiger partial charge in [0.25, 0.3) is 5.91 Å². The molecule has 0 spiro atoms. The van der Waals surface area contributed by atoms with Crippen molar-refractivity contribution in [1.82, 2.24) is 16.3 Å².